The number of aliphatic hydroxyl groups is 3. The van der Waals surface area contributed by atoms with Gasteiger partial charge in [0.2, 0.25) is 12.2 Å². The smallest absolute Gasteiger partial charge is 0.250 e. The van der Waals surface area contributed by atoms with Crippen LogP contribution < -0.4 is 27.8 Å². The number of aliphatic hydroxyl groups excluding tert-OH is 3. The van der Waals surface area contributed by atoms with Gasteiger partial charge in [0.25, 0.3) is 0 Å². The van der Waals surface area contributed by atoms with Gasteiger partial charge in [0.15, 0.2) is 6.29 Å². The molecule has 0 radical (unpaired) electrons. The van der Waals surface area contributed by atoms with Gasteiger partial charge in [0.05, 0.1) is 37.1 Å². The van der Waals surface area contributed by atoms with Crippen molar-refractivity contribution in [3.05, 3.63) is 11.8 Å². The zero-order valence-corrected chi connectivity index (χ0v) is 23.6. The van der Waals surface area contributed by atoms with Crippen LogP contribution in [-0.4, -0.2) is 114 Å². The lowest BCUT2D eigenvalue weighted by atomic mass is 9.83. The minimum absolute atomic E-state index is 0.00694. The Morgan fingerprint density at radius 1 is 1.26 bits per heavy atom. The van der Waals surface area contributed by atoms with Gasteiger partial charge in [-0.15, -0.1) is 0 Å². The van der Waals surface area contributed by atoms with E-state index in [-0.39, 0.29) is 36.7 Å². The molecule has 2 aliphatic heterocycles. The molecule has 3 aliphatic rings. The zero-order chi connectivity index (χ0) is 28.7. The van der Waals surface area contributed by atoms with Gasteiger partial charge in [-0.05, 0) is 30.8 Å². The van der Waals surface area contributed by atoms with E-state index in [0.717, 1.165) is 6.42 Å². The first-order valence-corrected chi connectivity index (χ1v) is 14.3. The maximum Gasteiger partial charge on any atom is 0.250 e. The van der Waals surface area contributed by atoms with Crippen LogP contribution >= 0.6 is 12.6 Å². The first kappa shape index (κ1) is 32.5. The van der Waals surface area contributed by atoms with Gasteiger partial charge in [-0.3, -0.25) is 4.79 Å². The van der Waals surface area contributed by atoms with Crippen LogP contribution in [0.3, 0.4) is 0 Å². The molecule has 0 bridgehead atoms. The standard InChI is InChI=1S/C25H47N5O8S/c1-3-14-12(2)11-35-25(22(14)39)38-21-17(30-23(34)18(32)9-26)8-16(28)20(19(21)33)37-24-15(27)5-4-13(36-24)10-29-6-7-31/h4,12,14-22,24-25,29,31-33,39H,3,5-11,26-28H2,1-2H3,(H,30,34)/t12?,14-,15+,16?,17?,18-,19?,20+,21-,22?,24+,25?/m0/s1. The molecule has 14 heteroatoms. The van der Waals surface area contributed by atoms with Crippen LogP contribution in [0.1, 0.15) is 33.1 Å². The molecule has 11 N–H and O–H groups in total. The maximum absolute atomic E-state index is 12.5. The second kappa shape index (κ2) is 15.3. The summed E-state index contributed by atoms with van der Waals surface area (Å²) >= 11 is 4.77. The predicted molar refractivity (Wildman–Crippen MR) is 146 cm³/mol. The largest absolute Gasteiger partial charge is 0.467 e. The number of rotatable bonds is 12. The molecular formula is C25H47N5O8S. The number of nitrogens with one attached hydrogen (secondary N) is 2. The first-order valence-electron chi connectivity index (χ1n) is 13.8. The molecule has 0 aromatic heterocycles. The van der Waals surface area contributed by atoms with E-state index >= 15 is 0 Å². The van der Waals surface area contributed by atoms with Crippen LogP contribution in [0.4, 0.5) is 0 Å². The monoisotopic (exact) mass is 577 g/mol. The Kier molecular flexibility index (Phi) is 12.7. The second-order valence-electron chi connectivity index (χ2n) is 10.7. The molecule has 1 aliphatic carbocycles. The summed E-state index contributed by atoms with van der Waals surface area (Å²) in [5.41, 5.74) is 18.2. The average Bonchev–Trinajstić information content (AvgIpc) is 2.91. The van der Waals surface area contributed by atoms with E-state index in [1.54, 1.807) is 0 Å². The molecule has 13 nitrogen and oxygen atoms in total. The van der Waals surface area contributed by atoms with Crippen molar-refractivity contribution in [3.8, 4) is 0 Å². The van der Waals surface area contributed by atoms with Crippen molar-refractivity contribution in [3.63, 3.8) is 0 Å². The minimum atomic E-state index is -1.42. The number of ether oxygens (including phenoxy) is 4. The number of thiol groups is 1. The normalized spacial score (nSPS) is 39.9. The summed E-state index contributed by atoms with van der Waals surface area (Å²) in [7, 11) is 0. The van der Waals surface area contributed by atoms with Crippen molar-refractivity contribution < 1.29 is 39.1 Å². The Hall–Kier alpha value is -1.04. The number of hydrogen-bond acceptors (Lipinski definition) is 13. The van der Waals surface area contributed by atoms with Crippen LogP contribution in [0.25, 0.3) is 0 Å². The zero-order valence-electron chi connectivity index (χ0n) is 22.7. The topological polar surface area (TPSA) is 217 Å². The highest BCUT2D eigenvalue weighted by molar-refractivity contribution is 7.81. The summed E-state index contributed by atoms with van der Waals surface area (Å²) < 4.78 is 24.4. The molecule has 226 valence electrons. The van der Waals surface area contributed by atoms with Crippen LogP contribution in [-0.2, 0) is 23.7 Å². The summed E-state index contributed by atoms with van der Waals surface area (Å²) in [6.07, 6.45) is -2.87. The van der Waals surface area contributed by atoms with Crippen molar-refractivity contribution in [1.29, 1.82) is 0 Å². The van der Waals surface area contributed by atoms with E-state index < -0.39 is 61.0 Å². The van der Waals surface area contributed by atoms with Crippen molar-refractivity contribution in [2.24, 2.45) is 29.0 Å². The van der Waals surface area contributed by atoms with Crippen molar-refractivity contribution in [2.75, 3.05) is 32.8 Å². The van der Waals surface area contributed by atoms with E-state index in [2.05, 4.69) is 24.5 Å². The lowest BCUT2D eigenvalue weighted by Gasteiger charge is -2.47. The highest BCUT2D eigenvalue weighted by atomic mass is 32.1. The van der Waals surface area contributed by atoms with Gasteiger partial charge >= 0.3 is 0 Å². The third-order valence-electron chi connectivity index (χ3n) is 7.72. The van der Waals surface area contributed by atoms with Crippen molar-refractivity contribution in [1.82, 2.24) is 10.6 Å². The third-order valence-corrected chi connectivity index (χ3v) is 8.35. The Labute approximate surface area is 235 Å². The lowest BCUT2D eigenvalue weighted by Crippen LogP contribution is -2.67. The number of amides is 1. The fourth-order valence-corrected chi connectivity index (χ4v) is 6.06. The molecule has 0 spiro atoms. The summed E-state index contributed by atoms with van der Waals surface area (Å²) in [6.45, 7) is 5.17. The highest BCUT2D eigenvalue weighted by Gasteiger charge is 2.49. The molecular weight excluding hydrogens is 530 g/mol. The Morgan fingerprint density at radius 3 is 2.64 bits per heavy atom. The molecule has 0 aromatic carbocycles. The Bertz CT molecular complexity index is 812. The molecule has 1 saturated carbocycles. The summed E-state index contributed by atoms with van der Waals surface area (Å²) in [5.74, 6) is 0.431. The quantitative estimate of drug-likeness (QED) is 0.0869. The molecule has 3 rings (SSSR count). The van der Waals surface area contributed by atoms with E-state index in [1.165, 1.54) is 0 Å². The summed E-state index contributed by atoms with van der Waals surface area (Å²) in [4.78, 5) is 12.5. The molecule has 1 saturated heterocycles. The van der Waals surface area contributed by atoms with Crippen LogP contribution in [0.15, 0.2) is 11.8 Å². The van der Waals surface area contributed by atoms with Gasteiger partial charge in [-0.1, -0.05) is 20.3 Å². The molecule has 12 atom stereocenters. The first-order chi connectivity index (χ1) is 18.6. The van der Waals surface area contributed by atoms with Gasteiger partial charge in [-0.2, -0.15) is 12.6 Å². The summed E-state index contributed by atoms with van der Waals surface area (Å²) in [6, 6.07) is -1.98. The summed E-state index contributed by atoms with van der Waals surface area (Å²) in [5, 5.41) is 36.0. The Morgan fingerprint density at radius 2 is 1.97 bits per heavy atom. The molecule has 2 fully saturated rings. The van der Waals surface area contributed by atoms with Gasteiger partial charge < -0.3 is 62.1 Å². The van der Waals surface area contributed by atoms with E-state index in [0.29, 0.717) is 31.9 Å². The number of nitrogens with two attached hydrogens (primary N) is 3. The molecule has 39 heavy (non-hydrogen) atoms. The molecule has 1 amide bonds. The average molecular weight is 578 g/mol. The fourth-order valence-electron chi connectivity index (χ4n) is 5.40. The Balaban J connectivity index is 1.77. The van der Waals surface area contributed by atoms with Crippen LogP contribution in [0.5, 0.6) is 0 Å². The maximum atomic E-state index is 12.5. The van der Waals surface area contributed by atoms with E-state index in [4.69, 9.17) is 53.9 Å². The lowest BCUT2D eigenvalue weighted by molar-refractivity contribution is -0.264. The minimum Gasteiger partial charge on any atom is -0.467 e. The molecule has 2 heterocycles. The van der Waals surface area contributed by atoms with Crippen molar-refractivity contribution in [2.45, 2.75) is 93.5 Å². The van der Waals surface area contributed by atoms with Crippen molar-refractivity contribution >= 4 is 18.5 Å². The number of hydrogen-bond donors (Lipinski definition) is 9. The van der Waals surface area contributed by atoms with E-state index in [1.807, 2.05) is 6.08 Å². The van der Waals surface area contributed by atoms with Gasteiger partial charge in [-0.25, -0.2) is 0 Å². The van der Waals surface area contributed by atoms with Crippen LogP contribution in [0, 0.1) is 11.8 Å². The molecule has 6 unspecified atom stereocenters. The van der Waals surface area contributed by atoms with E-state index in [9.17, 15) is 15.0 Å². The SMILES string of the molecule is CC[C@H]1C(C)COC(O[C@H]2C(NC(=O)[C@@H](O)CN)CC(N)[C@@H](O[C@H]3OC(CNCCO)=CC[C@H]3N)C2O)C1S. The molecule has 0 aromatic rings. The fraction of sp³-hybridized carbons (Fsp3) is 0.880. The van der Waals surface area contributed by atoms with Crippen LogP contribution in [0.2, 0.25) is 0 Å². The van der Waals surface area contributed by atoms with Gasteiger partial charge in [0.1, 0.15) is 30.2 Å². The predicted octanol–water partition coefficient (Wildman–Crippen LogP) is -2.49. The number of carbonyl (C=O) groups is 1. The van der Waals surface area contributed by atoms with Gasteiger partial charge in [0, 0.05) is 19.1 Å². The highest BCUT2D eigenvalue weighted by Crippen LogP contribution is 2.36. The number of carbonyl (C=O) groups excluding carboxylic acids is 1. The third kappa shape index (κ3) is 8.26. The second-order valence-corrected chi connectivity index (χ2v) is 11.3.